The normalized spacial score (nSPS) is 11.6. The van der Waals surface area contributed by atoms with Gasteiger partial charge in [-0.2, -0.15) is 0 Å². The molecule has 0 saturated heterocycles. The van der Waals surface area contributed by atoms with Gasteiger partial charge in [0.05, 0.1) is 16.2 Å². The molecule has 26 heavy (non-hydrogen) atoms. The number of rotatable bonds is 6. The Morgan fingerprint density at radius 1 is 1.15 bits per heavy atom. The number of halogens is 2. The molecule has 0 atom stereocenters. The summed E-state index contributed by atoms with van der Waals surface area (Å²) < 4.78 is 51.3. The van der Waals surface area contributed by atoms with Gasteiger partial charge in [-0.05, 0) is 11.6 Å². The van der Waals surface area contributed by atoms with E-state index < -0.39 is 27.4 Å². The molecule has 0 saturated carbocycles. The van der Waals surface area contributed by atoms with Crippen LogP contribution in [0.15, 0.2) is 42.5 Å². The smallest absolute Gasteiger partial charge is 0.227 e. The van der Waals surface area contributed by atoms with Crippen molar-refractivity contribution in [3.8, 4) is 0 Å². The molecule has 0 aliphatic carbocycles. The first-order chi connectivity index (χ1) is 12.3. The first kappa shape index (κ1) is 18.4. The Morgan fingerprint density at radius 2 is 1.88 bits per heavy atom. The van der Waals surface area contributed by atoms with E-state index in [1.54, 1.807) is 30.3 Å². The maximum atomic E-state index is 13.6. The summed E-state index contributed by atoms with van der Waals surface area (Å²) in [6, 6.07) is 10.5. The Bertz CT molecular complexity index is 1050. The molecule has 0 radical (unpaired) electrons. The molecule has 5 nitrogen and oxygen atoms in total. The number of fused-ring (bicyclic) bond motifs is 1. The summed E-state index contributed by atoms with van der Waals surface area (Å²) in [7, 11) is -3.45. The number of carbonyl (C=O) groups excluding carboxylic acids is 1. The average molecular weight is 396 g/mol. The zero-order valence-electron chi connectivity index (χ0n) is 13.4. The molecular formula is C17H14F2N2O3S2. The number of nitrogens with one attached hydrogen (secondary N) is 1. The number of nitrogens with zero attached hydrogens (tertiary/aromatic N) is 1. The first-order valence-corrected chi connectivity index (χ1v) is 10.3. The van der Waals surface area contributed by atoms with E-state index in [2.05, 4.69) is 10.3 Å². The van der Waals surface area contributed by atoms with Gasteiger partial charge >= 0.3 is 0 Å². The Kier molecular flexibility index (Phi) is 5.28. The van der Waals surface area contributed by atoms with Crippen LogP contribution in [0.1, 0.15) is 12.0 Å². The van der Waals surface area contributed by atoms with E-state index in [4.69, 9.17) is 0 Å². The van der Waals surface area contributed by atoms with Crippen molar-refractivity contribution in [1.29, 1.82) is 0 Å². The van der Waals surface area contributed by atoms with E-state index in [1.807, 2.05) is 0 Å². The Labute approximate surface area is 152 Å². The summed E-state index contributed by atoms with van der Waals surface area (Å²) in [5.41, 5.74) is 0.611. The van der Waals surface area contributed by atoms with E-state index >= 15 is 0 Å². The second-order valence-electron chi connectivity index (χ2n) is 5.63. The van der Waals surface area contributed by atoms with Crippen LogP contribution in [-0.4, -0.2) is 25.1 Å². The standard InChI is InChI=1S/C17H14F2N2O3S2/c18-12-8-13(19)16-14(9-12)25-17(21-16)20-15(22)6-7-26(23,24)10-11-4-2-1-3-5-11/h1-5,8-9H,6-7,10H2,(H,20,21,22). The van der Waals surface area contributed by atoms with Gasteiger partial charge in [-0.25, -0.2) is 22.2 Å². The van der Waals surface area contributed by atoms with Crippen molar-refractivity contribution in [1.82, 2.24) is 4.98 Å². The van der Waals surface area contributed by atoms with Gasteiger partial charge in [0.15, 0.2) is 20.8 Å². The van der Waals surface area contributed by atoms with Gasteiger partial charge in [0.2, 0.25) is 5.91 Å². The van der Waals surface area contributed by atoms with Gasteiger partial charge in [0.1, 0.15) is 11.3 Å². The van der Waals surface area contributed by atoms with Crippen LogP contribution < -0.4 is 5.32 Å². The number of benzene rings is 2. The van der Waals surface area contributed by atoms with Crippen LogP contribution in [0.3, 0.4) is 0 Å². The van der Waals surface area contributed by atoms with Gasteiger partial charge in [0.25, 0.3) is 0 Å². The molecule has 9 heteroatoms. The molecule has 1 amide bonds. The zero-order valence-corrected chi connectivity index (χ0v) is 15.0. The first-order valence-electron chi connectivity index (χ1n) is 7.62. The number of anilines is 1. The molecule has 0 aliphatic rings. The summed E-state index contributed by atoms with van der Waals surface area (Å²) in [4.78, 5) is 15.9. The largest absolute Gasteiger partial charge is 0.302 e. The molecule has 0 bridgehead atoms. The lowest BCUT2D eigenvalue weighted by atomic mass is 10.2. The number of carbonyl (C=O) groups is 1. The van der Waals surface area contributed by atoms with E-state index in [0.29, 0.717) is 11.6 Å². The van der Waals surface area contributed by atoms with Gasteiger partial charge in [-0.15, -0.1) is 0 Å². The van der Waals surface area contributed by atoms with Gasteiger partial charge < -0.3 is 5.32 Å². The van der Waals surface area contributed by atoms with Crippen LogP contribution >= 0.6 is 11.3 Å². The topological polar surface area (TPSA) is 76.1 Å². The third-order valence-electron chi connectivity index (χ3n) is 3.53. The molecule has 1 N–H and O–H groups in total. The highest BCUT2D eigenvalue weighted by molar-refractivity contribution is 7.90. The predicted octanol–water partition coefficient (Wildman–Crippen LogP) is 3.52. The van der Waals surface area contributed by atoms with E-state index in [0.717, 1.165) is 17.4 Å². The van der Waals surface area contributed by atoms with Crippen molar-refractivity contribution in [2.75, 3.05) is 11.1 Å². The minimum Gasteiger partial charge on any atom is -0.302 e. The lowest BCUT2D eigenvalue weighted by Gasteiger charge is -2.04. The van der Waals surface area contributed by atoms with Gasteiger partial charge in [-0.3, -0.25) is 4.79 Å². The summed E-state index contributed by atoms with van der Waals surface area (Å²) in [6.07, 6.45) is -0.248. The van der Waals surface area contributed by atoms with Crippen LogP contribution in [0, 0.1) is 11.6 Å². The predicted molar refractivity (Wildman–Crippen MR) is 96.7 cm³/mol. The van der Waals surface area contributed by atoms with Crippen LogP contribution in [0.5, 0.6) is 0 Å². The van der Waals surface area contributed by atoms with Gasteiger partial charge in [0, 0.05) is 12.5 Å². The summed E-state index contributed by atoms with van der Waals surface area (Å²) in [5.74, 6) is -2.57. The number of hydrogen-bond acceptors (Lipinski definition) is 5. The van der Waals surface area contributed by atoms with Crippen molar-refractivity contribution in [2.45, 2.75) is 12.2 Å². The fraction of sp³-hybridized carbons (Fsp3) is 0.176. The van der Waals surface area contributed by atoms with E-state index in [1.165, 1.54) is 0 Å². The van der Waals surface area contributed by atoms with Crippen molar-refractivity contribution >= 4 is 42.4 Å². The van der Waals surface area contributed by atoms with Crippen LogP contribution in [-0.2, 0) is 20.4 Å². The van der Waals surface area contributed by atoms with Crippen LogP contribution in [0.25, 0.3) is 10.2 Å². The lowest BCUT2D eigenvalue weighted by Crippen LogP contribution is -2.18. The molecule has 0 fully saturated rings. The number of hydrogen-bond donors (Lipinski definition) is 1. The van der Waals surface area contributed by atoms with E-state index in [9.17, 15) is 22.0 Å². The summed E-state index contributed by atoms with van der Waals surface area (Å²) in [5, 5.41) is 2.52. The molecular weight excluding hydrogens is 382 g/mol. The lowest BCUT2D eigenvalue weighted by molar-refractivity contribution is -0.115. The Balaban J connectivity index is 1.61. The number of amides is 1. The Morgan fingerprint density at radius 3 is 2.62 bits per heavy atom. The molecule has 3 rings (SSSR count). The summed E-state index contributed by atoms with van der Waals surface area (Å²) in [6.45, 7) is 0. The minimum absolute atomic E-state index is 0.0385. The third kappa shape index (κ3) is 4.61. The monoisotopic (exact) mass is 396 g/mol. The fourth-order valence-electron chi connectivity index (χ4n) is 2.34. The second-order valence-corrected chi connectivity index (χ2v) is 8.84. The SMILES string of the molecule is O=C(CCS(=O)(=O)Cc1ccccc1)Nc1nc2c(F)cc(F)cc2s1. The van der Waals surface area contributed by atoms with Crippen LogP contribution in [0.4, 0.5) is 13.9 Å². The molecule has 1 heterocycles. The van der Waals surface area contributed by atoms with Crippen molar-refractivity contribution in [3.05, 3.63) is 59.7 Å². The highest BCUT2D eigenvalue weighted by atomic mass is 32.2. The Hall–Kier alpha value is -2.39. The minimum atomic E-state index is -3.45. The van der Waals surface area contributed by atoms with Crippen LogP contribution in [0.2, 0.25) is 0 Å². The quantitative estimate of drug-likeness (QED) is 0.692. The van der Waals surface area contributed by atoms with Crippen molar-refractivity contribution in [2.24, 2.45) is 0 Å². The van der Waals surface area contributed by atoms with E-state index in [-0.39, 0.29) is 33.3 Å². The molecule has 136 valence electrons. The highest BCUT2D eigenvalue weighted by Gasteiger charge is 2.16. The number of aromatic nitrogens is 1. The second kappa shape index (κ2) is 7.46. The number of sulfone groups is 1. The molecule has 1 aromatic heterocycles. The maximum absolute atomic E-state index is 13.6. The molecule has 0 unspecified atom stereocenters. The maximum Gasteiger partial charge on any atom is 0.227 e. The summed E-state index contributed by atoms with van der Waals surface area (Å²) >= 11 is 0.917. The molecule has 0 aliphatic heterocycles. The third-order valence-corrected chi connectivity index (χ3v) is 6.05. The molecule has 0 spiro atoms. The average Bonchev–Trinajstić information content (AvgIpc) is 2.96. The zero-order chi connectivity index (χ0) is 18.7. The molecule has 3 aromatic rings. The fourth-order valence-corrected chi connectivity index (χ4v) is 4.60. The van der Waals surface area contributed by atoms with Crippen molar-refractivity contribution in [3.63, 3.8) is 0 Å². The number of thiazole rings is 1. The van der Waals surface area contributed by atoms with Gasteiger partial charge in [-0.1, -0.05) is 41.7 Å². The van der Waals surface area contributed by atoms with Crippen molar-refractivity contribution < 1.29 is 22.0 Å². The highest BCUT2D eigenvalue weighted by Crippen LogP contribution is 2.28. The molecule has 2 aromatic carbocycles.